The van der Waals surface area contributed by atoms with Crippen LogP contribution in [-0.4, -0.2) is 91.6 Å². The number of benzene rings is 1. The van der Waals surface area contributed by atoms with Gasteiger partial charge in [0, 0.05) is 50.5 Å². The standard InChI is InChI=1S/C28H39N3O5/c1-19-15-31(20(2)18-32)28(33)25-13-23(22-6-5-7-24(12-22)34-4)14-29-27(25)36-26(19)17-30(3)16-21-8-10-35-11-9-21/h5-7,12-14,19-21,26,32H,8-11,15-18H2,1-4H3/t19-,20-,26-/m0/s1. The monoisotopic (exact) mass is 497 g/mol. The normalized spacial score (nSPS) is 21.9. The van der Waals surface area contributed by atoms with Gasteiger partial charge in [0.05, 0.1) is 19.8 Å². The molecule has 1 N–H and O–H groups in total. The molecule has 0 radical (unpaired) electrons. The summed E-state index contributed by atoms with van der Waals surface area (Å²) in [5, 5.41) is 9.91. The lowest BCUT2D eigenvalue weighted by Gasteiger charge is -2.38. The molecule has 3 atom stereocenters. The molecule has 2 aromatic rings. The number of carbonyl (C=O) groups is 1. The second kappa shape index (κ2) is 12.0. The van der Waals surface area contributed by atoms with Crippen LogP contribution in [0.15, 0.2) is 36.5 Å². The zero-order valence-electron chi connectivity index (χ0n) is 21.9. The van der Waals surface area contributed by atoms with Crippen LogP contribution < -0.4 is 9.47 Å². The lowest BCUT2D eigenvalue weighted by Crippen LogP contribution is -2.50. The molecule has 0 spiro atoms. The van der Waals surface area contributed by atoms with E-state index < -0.39 is 0 Å². The van der Waals surface area contributed by atoms with E-state index >= 15 is 0 Å². The summed E-state index contributed by atoms with van der Waals surface area (Å²) in [4.78, 5) is 22.4. The fourth-order valence-corrected chi connectivity index (χ4v) is 5.03. The minimum atomic E-state index is -0.313. The van der Waals surface area contributed by atoms with Gasteiger partial charge < -0.3 is 29.1 Å². The van der Waals surface area contributed by atoms with Crippen LogP contribution in [0.25, 0.3) is 11.1 Å². The topological polar surface area (TPSA) is 84.4 Å². The molecule has 196 valence electrons. The summed E-state index contributed by atoms with van der Waals surface area (Å²) in [6.07, 6.45) is 3.76. The molecule has 8 nitrogen and oxygen atoms in total. The summed E-state index contributed by atoms with van der Waals surface area (Å²) in [5.41, 5.74) is 2.13. The smallest absolute Gasteiger partial charge is 0.259 e. The number of fused-ring (bicyclic) bond motifs is 1. The fourth-order valence-electron chi connectivity index (χ4n) is 5.03. The molecule has 3 heterocycles. The molecule has 1 fully saturated rings. The van der Waals surface area contributed by atoms with E-state index in [0.29, 0.717) is 23.9 Å². The number of hydrogen-bond acceptors (Lipinski definition) is 7. The summed E-state index contributed by atoms with van der Waals surface area (Å²) in [6.45, 7) is 7.75. The average Bonchev–Trinajstić information content (AvgIpc) is 2.90. The van der Waals surface area contributed by atoms with Crippen molar-refractivity contribution in [3.63, 3.8) is 0 Å². The van der Waals surface area contributed by atoms with E-state index in [-0.39, 0.29) is 30.6 Å². The number of methoxy groups -OCH3 is 1. The molecule has 1 saturated heterocycles. The van der Waals surface area contributed by atoms with Crippen molar-refractivity contribution in [1.29, 1.82) is 0 Å². The zero-order valence-corrected chi connectivity index (χ0v) is 21.9. The number of hydrogen-bond donors (Lipinski definition) is 1. The Hall–Kier alpha value is -2.68. The first-order valence-corrected chi connectivity index (χ1v) is 12.9. The summed E-state index contributed by atoms with van der Waals surface area (Å²) in [5.74, 6) is 1.59. The van der Waals surface area contributed by atoms with Crippen molar-refractivity contribution in [2.45, 2.75) is 38.8 Å². The van der Waals surface area contributed by atoms with Gasteiger partial charge in [0.1, 0.15) is 17.4 Å². The van der Waals surface area contributed by atoms with Crippen LogP contribution in [0, 0.1) is 11.8 Å². The molecule has 36 heavy (non-hydrogen) atoms. The number of aromatic nitrogens is 1. The number of nitrogens with zero attached hydrogens (tertiary/aromatic N) is 3. The Bertz CT molecular complexity index is 1030. The Morgan fingerprint density at radius 2 is 2.00 bits per heavy atom. The van der Waals surface area contributed by atoms with Gasteiger partial charge in [0.15, 0.2) is 0 Å². The van der Waals surface area contributed by atoms with Crippen LogP contribution >= 0.6 is 0 Å². The predicted molar refractivity (Wildman–Crippen MR) is 138 cm³/mol. The number of likely N-dealkylation sites (N-methyl/N-ethyl adjacent to an activating group) is 1. The quantitative estimate of drug-likeness (QED) is 0.599. The van der Waals surface area contributed by atoms with E-state index in [9.17, 15) is 9.90 Å². The SMILES string of the molecule is COc1cccc(-c2cnc3c(c2)C(=O)N([C@@H](C)CO)C[C@H](C)[C@H](CN(C)CC2CCOCC2)O3)c1. The molecule has 8 heteroatoms. The number of aliphatic hydroxyl groups is 1. The molecule has 0 unspecified atom stereocenters. The van der Waals surface area contributed by atoms with Crippen molar-refractivity contribution in [2.75, 3.05) is 53.6 Å². The highest BCUT2D eigenvalue weighted by atomic mass is 16.5. The predicted octanol–water partition coefficient (Wildman–Crippen LogP) is 3.34. The average molecular weight is 498 g/mol. The Balaban J connectivity index is 1.63. The first-order chi connectivity index (χ1) is 17.4. The second-order valence-corrected chi connectivity index (χ2v) is 10.2. The van der Waals surface area contributed by atoms with E-state index in [2.05, 4.69) is 23.9 Å². The number of amides is 1. The van der Waals surface area contributed by atoms with Crippen molar-refractivity contribution < 1.29 is 24.1 Å². The van der Waals surface area contributed by atoms with Crippen LogP contribution in [0.4, 0.5) is 0 Å². The summed E-state index contributed by atoms with van der Waals surface area (Å²) < 4.78 is 17.3. The second-order valence-electron chi connectivity index (χ2n) is 10.2. The van der Waals surface area contributed by atoms with Gasteiger partial charge in [-0.05, 0) is 56.5 Å². The molecule has 2 aliphatic heterocycles. The Kier molecular flexibility index (Phi) is 8.82. The van der Waals surface area contributed by atoms with E-state index in [4.69, 9.17) is 14.2 Å². The highest BCUT2D eigenvalue weighted by molar-refractivity contribution is 5.98. The largest absolute Gasteiger partial charge is 0.497 e. The fraction of sp³-hybridized carbons (Fsp3) is 0.571. The van der Waals surface area contributed by atoms with E-state index in [1.54, 1.807) is 18.2 Å². The molecule has 0 aliphatic carbocycles. The molecule has 4 rings (SSSR count). The molecule has 1 amide bonds. The molecule has 2 aliphatic rings. The summed E-state index contributed by atoms with van der Waals surface area (Å²) in [7, 11) is 3.76. The van der Waals surface area contributed by atoms with Gasteiger partial charge in [-0.2, -0.15) is 0 Å². The molecule has 1 aromatic carbocycles. The van der Waals surface area contributed by atoms with Gasteiger partial charge in [-0.25, -0.2) is 4.98 Å². The van der Waals surface area contributed by atoms with Gasteiger partial charge in [0.2, 0.25) is 5.88 Å². The van der Waals surface area contributed by atoms with Gasteiger partial charge in [-0.1, -0.05) is 19.1 Å². The maximum atomic E-state index is 13.7. The van der Waals surface area contributed by atoms with Gasteiger partial charge in [-0.3, -0.25) is 4.79 Å². The van der Waals surface area contributed by atoms with E-state index in [1.807, 2.05) is 37.3 Å². The molecule has 0 saturated carbocycles. The zero-order chi connectivity index (χ0) is 25.7. The summed E-state index contributed by atoms with van der Waals surface area (Å²) in [6, 6.07) is 9.20. The number of rotatable bonds is 8. The highest BCUT2D eigenvalue weighted by Crippen LogP contribution is 2.31. The van der Waals surface area contributed by atoms with E-state index in [0.717, 1.165) is 56.0 Å². The Labute approximate surface area is 214 Å². The van der Waals surface area contributed by atoms with Crippen LogP contribution in [0.2, 0.25) is 0 Å². The minimum Gasteiger partial charge on any atom is -0.497 e. The molecular formula is C28H39N3O5. The van der Waals surface area contributed by atoms with Crippen molar-refractivity contribution in [2.24, 2.45) is 11.8 Å². The summed E-state index contributed by atoms with van der Waals surface area (Å²) >= 11 is 0. The van der Waals surface area contributed by atoms with Crippen molar-refractivity contribution in [3.8, 4) is 22.8 Å². The third kappa shape index (κ3) is 6.17. The van der Waals surface area contributed by atoms with Crippen LogP contribution in [0.1, 0.15) is 37.0 Å². The number of aliphatic hydroxyl groups excluding tert-OH is 1. The number of ether oxygens (including phenoxy) is 3. The third-order valence-corrected chi connectivity index (χ3v) is 7.33. The van der Waals surface area contributed by atoms with Crippen molar-refractivity contribution >= 4 is 5.91 Å². The Morgan fingerprint density at radius 3 is 2.72 bits per heavy atom. The molecule has 0 bridgehead atoms. The maximum absolute atomic E-state index is 13.7. The van der Waals surface area contributed by atoms with Crippen LogP contribution in [0.5, 0.6) is 11.6 Å². The van der Waals surface area contributed by atoms with Gasteiger partial charge >= 0.3 is 0 Å². The number of carbonyl (C=O) groups excluding carboxylic acids is 1. The Morgan fingerprint density at radius 1 is 1.22 bits per heavy atom. The maximum Gasteiger partial charge on any atom is 0.259 e. The third-order valence-electron chi connectivity index (χ3n) is 7.33. The van der Waals surface area contributed by atoms with E-state index in [1.165, 1.54) is 0 Å². The minimum absolute atomic E-state index is 0.0631. The highest BCUT2D eigenvalue weighted by Gasteiger charge is 2.34. The van der Waals surface area contributed by atoms with Gasteiger partial charge in [-0.15, -0.1) is 0 Å². The van der Waals surface area contributed by atoms with Crippen molar-refractivity contribution in [3.05, 3.63) is 42.1 Å². The lowest BCUT2D eigenvalue weighted by molar-refractivity contribution is 0.0254. The van der Waals surface area contributed by atoms with Crippen LogP contribution in [0.3, 0.4) is 0 Å². The molecular weight excluding hydrogens is 458 g/mol. The first-order valence-electron chi connectivity index (χ1n) is 12.9. The van der Waals surface area contributed by atoms with Crippen molar-refractivity contribution in [1.82, 2.24) is 14.8 Å². The van der Waals surface area contributed by atoms with Gasteiger partial charge in [0.25, 0.3) is 5.91 Å². The van der Waals surface area contributed by atoms with Crippen LogP contribution in [-0.2, 0) is 4.74 Å². The lowest BCUT2D eigenvalue weighted by atomic mass is 9.97. The molecule has 1 aromatic heterocycles. The first kappa shape index (κ1) is 26.4. The number of pyridine rings is 1.